The number of carboxylic acid groups (broad SMARTS) is 1. The molecule has 23 heavy (non-hydrogen) atoms. The summed E-state index contributed by atoms with van der Waals surface area (Å²) >= 11 is 0. The van der Waals surface area contributed by atoms with Crippen LogP contribution in [0.5, 0.6) is 0 Å². The lowest BCUT2D eigenvalue weighted by Crippen LogP contribution is -2.47. The first kappa shape index (κ1) is 17.0. The van der Waals surface area contributed by atoms with Crippen molar-refractivity contribution >= 4 is 33.4 Å². The minimum absolute atomic E-state index is 0.00586. The lowest BCUT2D eigenvalue weighted by atomic mass is 10.2. The third-order valence-corrected chi connectivity index (χ3v) is 3.71. The average molecular weight is 346 g/mol. The van der Waals surface area contributed by atoms with E-state index in [1.807, 2.05) is 5.43 Å². The van der Waals surface area contributed by atoms with Crippen molar-refractivity contribution in [3.05, 3.63) is 24.0 Å². The number of sulfonamides is 1. The largest absolute Gasteiger partial charge is 0.464 e. The van der Waals surface area contributed by atoms with E-state index >= 15 is 0 Å². The van der Waals surface area contributed by atoms with Crippen LogP contribution in [0, 0.1) is 5.82 Å². The lowest BCUT2D eigenvalue weighted by molar-refractivity contribution is -0.119. The van der Waals surface area contributed by atoms with Crippen LogP contribution >= 0.6 is 0 Å². The Kier molecular flexibility index (Phi) is 4.71. The molecule has 0 spiro atoms. The molecule has 1 fully saturated rings. The molecular formula is C12H15FN4O5S. The van der Waals surface area contributed by atoms with Gasteiger partial charge in [0.1, 0.15) is 11.9 Å². The van der Waals surface area contributed by atoms with E-state index in [1.165, 1.54) is 17.0 Å². The molecule has 126 valence electrons. The first-order valence-electron chi connectivity index (χ1n) is 6.50. The van der Waals surface area contributed by atoms with Crippen LogP contribution in [0.4, 0.5) is 20.6 Å². The maximum atomic E-state index is 14.1. The number of halogens is 1. The summed E-state index contributed by atoms with van der Waals surface area (Å²) in [5, 5.41) is 8.50. The van der Waals surface area contributed by atoms with Crippen molar-refractivity contribution in [2.75, 3.05) is 22.4 Å². The van der Waals surface area contributed by atoms with Gasteiger partial charge in [-0.2, -0.15) is 0 Å². The van der Waals surface area contributed by atoms with Gasteiger partial charge in [0.25, 0.3) is 0 Å². The summed E-state index contributed by atoms with van der Waals surface area (Å²) in [6.45, 7) is 0.202. The Labute approximate surface area is 131 Å². The molecule has 9 nitrogen and oxygen atoms in total. The van der Waals surface area contributed by atoms with E-state index in [1.54, 1.807) is 0 Å². The van der Waals surface area contributed by atoms with Crippen LogP contribution in [-0.4, -0.2) is 44.4 Å². The topological polar surface area (TPSA) is 128 Å². The predicted octanol–water partition coefficient (Wildman–Crippen LogP) is 0.0747. The van der Waals surface area contributed by atoms with E-state index in [-0.39, 0.29) is 17.9 Å². The molecule has 1 aromatic rings. The van der Waals surface area contributed by atoms with E-state index in [2.05, 4.69) is 10.1 Å². The Bertz CT molecular complexity index is 739. The molecule has 1 aliphatic heterocycles. The number of rotatable bonds is 5. The summed E-state index contributed by atoms with van der Waals surface area (Å²) in [6.07, 6.45) is -0.102. The fourth-order valence-electron chi connectivity index (χ4n) is 2.21. The number of anilines is 2. The van der Waals surface area contributed by atoms with Crippen LogP contribution in [0.25, 0.3) is 0 Å². The monoisotopic (exact) mass is 346 g/mol. The Morgan fingerprint density at radius 2 is 2.13 bits per heavy atom. The molecule has 1 aliphatic rings. The van der Waals surface area contributed by atoms with Gasteiger partial charge < -0.3 is 10.0 Å². The molecule has 1 saturated heterocycles. The molecule has 11 heteroatoms. The quantitative estimate of drug-likeness (QED) is 0.559. The van der Waals surface area contributed by atoms with Gasteiger partial charge in [0.05, 0.1) is 17.6 Å². The molecular weight excluding hydrogens is 331 g/mol. The van der Waals surface area contributed by atoms with Gasteiger partial charge in [-0.15, -0.1) is 0 Å². The summed E-state index contributed by atoms with van der Waals surface area (Å²) in [4.78, 5) is 23.7. The van der Waals surface area contributed by atoms with Crippen LogP contribution < -0.4 is 20.5 Å². The maximum Gasteiger partial charge on any atom is 0.419 e. The average Bonchev–Trinajstić information content (AvgIpc) is 2.76. The first-order valence-corrected chi connectivity index (χ1v) is 8.40. The predicted molar refractivity (Wildman–Crippen MR) is 79.9 cm³/mol. The fourth-order valence-corrected chi connectivity index (χ4v) is 2.76. The normalized spacial score (nSPS) is 18.1. The molecule has 2 rings (SSSR count). The number of carbonyl (C=O) groups is 2. The Balaban J connectivity index is 2.13. The van der Waals surface area contributed by atoms with E-state index in [0.29, 0.717) is 6.42 Å². The van der Waals surface area contributed by atoms with Crippen molar-refractivity contribution in [1.82, 2.24) is 10.9 Å². The third kappa shape index (κ3) is 4.29. The highest BCUT2D eigenvalue weighted by Crippen LogP contribution is 2.27. The van der Waals surface area contributed by atoms with Crippen molar-refractivity contribution in [2.24, 2.45) is 0 Å². The van der Waals surface area contributed by atoms with Crippen LogP contribution in [0.3, 0.4) is 0 Å². The van der Waals surface area contributed by atoms with Gasteiger partial charge >= 0.3 is 6.09 Å². The minimum atomic E-state index is -3.53. The molecule has 4 N–H and O–H groups in total. The van der Waals surface area contributed by atoms with E-state index < -0.39 is 33.9 Å². The van der Waals surface area contributed by atoms with E-state index in [4.69, 9.17) is 5.11 Å². The zero-order chi connectivity index (χ0) is 17.2. The highest BCUT2D eigenvalue weighted by atomic mass is 32.2. The van der Waals surface area contributed by atoms with E-state index in [9.17, 15) is 22.4 Å². The number of hydrazine groups is 1. The number of carbonyl (C=O) groups excluding carboxylic acids is 1. The fraction of sp³-hybridized carbons (Fsp3) is 0.333. The number of hydrogen-bond acceptors (Lipinski definition) is 5. The summed E-state index contributed by atoms with van der Waals surface area (Å²) in [5.74, 6) is -1.25. The lowest BCUT2D eigenvalue weighted by Gasteiger charge is -2.18. The molecule has 2 amide bonds. The number of hydrogen-bond donors (Lipinski definition) is 4. The Hall–Kier alpha value is -2.40. The van der Waals surface area contributed by atoms with Gasteiger partial charge in [-0.1, -0.05) is 0 Å². The van der Waals surface area contributed by atoms with Crippen LogP contribution in [0.1, 0.15) is 6.42 Å². The highest BCUT2D eigenvalue weighted by molar-refractivity contribution is 7.92. The zero-order valence-corrected chi connectivity index (χ0v) is 12.9. The number of amides is 2. The van der Waals surface area contributed by atoms with Gasteiger partial charge in [0.2, 0.25) is 15.9 Å². The second-order valence-corrected chi connectivity index (χ2v) is 6.69. The smallest absolute Gasteiger partial charge is 0.419 e. The molecule has 1 heterocycles. The molecule has 0 bridgehead atoms. The molecule has 1 aromatic carbocycles. The third-order valence-electron chi connectivity index (χ3n) is 3.10. The van der Waals surface area contributed by atoms with E-state index in [0.717, 1.165) is 12.3 Å². The molecule has 0 aromatic heterocycles. The van der Waals surface area contributed by atoms with Crippen molar-refractivity contribution in [3.63, 3.8) is 0 Å². The van der Waals surface area contributed by atoms with Crippen molar-refractivity contribution in [2.45, 2.75) is 12.5 Å². The summed E-state index contributed by atoms with van der Waals surface area (Å²) in [7, 11) is -3.53. The number of benzene rings is 1. The highest BCUT2D eigenvalue weighted by Gasteiger charge is 2.34. The van der Waals surface area contributed by atoms with Crippen LogP contribution in [-0.2, 0) is 14.8 Å². The molecule has 1 unspecified atom stereocenters. The second kappa shape index (κ2) is 6.38. The summed E-state index contributed by atoms with van der Waals surface area (Å²) in [5.41, 5.74) is 4.26. The van der Waals surface area contributed by atoms with Crippen molar-refractivity contribution < 1.29 is 27.5 Å². The number of nitrogens with zero attached hydrogens (tertiary/aromatic N) is 1. The van der Waals surface area contributed by atoms with Gasteiger partial charge in [0, 0.05) is 12.6 Å². The van der Waals surface area contributed by atoms with Crippen molar-refractivity contribution in [3.8, 4) is 0 Å². The molecule has 0 saturated carbocycles. The molecule has 1 atom stereocenters. The second-order valence-electron chi connectivity index (χ2n) is 4.95. The van der Waals surface area contributed by atoms with Crippen LogP contribution in [0.2, 0.25) is 0 Å². The summed E-state index contributed by atoms with van der Waals surface area (Å²) in [6, 6.07) is 2.80. The van der Waals surface area contributed by atoms with Crippen molar-refractivity contribution in [1.29, 1.82) is 0 Å². The maximum absolute atomic E-state index is 14.1. The van der Waals surface area contributed by atoms with Gasteiger partial charge in [-0.3, -0.25) is 14.9 Å². The van der Waals surface area contributed by atoms with Gasteiger partial charge in [-0.25, -0.2) is 23.0 Å². The zero-order valence-electron chi connectivity index (χ0n) is 12.0. The molecule has 0 radical (unpaired) electrons. The molecule has 0 aliphatic carbocycles. The standard InChI is InChI=1S/C12H15FN4O5S/c1-23(21,22)16-7-2-3-10(8(13)6-7)17-5-4-9(11(17)18)14-15-12(19)20/h2-3,6,9,14-16H,4-5H2,1H3,(H,19,20). The first-order chi connectivity index (χ1) is 10.7. The van der Waals surface area contributed by atoms with Gasteiger partial charge in [-0.05, 0) is 18.6 Å². The Morgan fingerprint density at radius 1 is 1.43 bits per heavy atom. The Morgan fingerprint density at radius 3 is 2.70 bits per heavy atom. The SMILES string of the molecule is CS(=O)(=O)Nc1ccc(N2CCC(NNC(=O)O)C2=O)c(F)c1. The van der Waals surface area contributed by atoms with Gasteiger partial charge in [0.15, 0.2) is 0 Å². The summed E-state index contributed by atoms with van der Waals surface area (Å²) < 4.78 is 38.5. The number of nitrogens with one attached hydrogen (secondary N) is 3. The minimum Gasteiger partial charge on any atom is -0.464 e. The van der Waals surface area contributed by atoms with Crippen LogP contribution in [0.15, 0.2) is 18.2 Å².